The molecule has 0 aromatic rings. The van der Waals surface area contributed by atoms with Crippen LogP contribution in [0, 0.1) is 0 Å². The number of amides is 1. The minimum Gasteiger partial charge on any atom is -0.463 e. The second-order valence-corrected chi connectivity index (χ2v) is 2.82. The lowest BCUT2D eigenvalue weighted by atomic mass is 10.4. The molecule has 1 saturated heterocycles. The van der Waals surface area contributed by atoms with E-state index in [1.807, 2.05) is 0 Å². The van der Waals surface area contributed by atoms with Crippen LogP contribution in [-0.2, 0) is 14.3 Å². The zero-order valence-corrected chi connectivity index (χ0v) is 7.52. The lowest BCUT2D eigenvalue weighted by Gasteiger charge is -2.20. The molecule has 0 aromatic carbocycles. The molecule has 1 heterocycles. The Morgan fingerprint density at radius 1 is 1.77 bits per heavy atom. The highest BCUT2D eigenvalue weighted by molar-refractivity contribution is 5.84. The van der Waals surface area contributed by atoms with Crippen molar-refractivity contribution in [2.45, 2.75) is 26.0 Å². The molecule has 1 atom stereocenters. The number of nitrogens with zero attached hydrogens (tertiary/aromatic N) is 1. The van der Waals surface area contributed by atoms with E-state index in [0.29, 0.717) is 19.4 Å². The second kappa shape index (κ2) is 4.23. The molecule has 1 fully saturated rings. The predicted octanol–water partition coefficient (Wildman–Crippen LogP) is -0.510. The Balaban J connectivity index is 2.50. The summed E-state index contributed by atoms with van der Waals surface area (Å²) in [6.07, 6.45) is -0.332. The molecule has 1 N–H and O–H groups in total. The first-order valence-corrected chi connectivity index (χ1v) is 4.31. The van der Waals surface area contributed by atoms with E-state index in [2.05, 4.69) is 4.74 Å². The van der Waals surface area contributed by atoms with Gasteiger partial charge in [0.2, 0.25) is 12.1 Å². The zero-order valence-electron chi connectivity index (χ0n) is 7.52. The van der Waals surface area contributed by atoms with Crippen LogP contribution >= 0.6 is 0 Å². The Morgan fingerprint density at radius 2 is 2.46 bits per heavy atom. The Bertz CT molecular complexity index is 216. The van der Waals surface area contributed by atoms with Crippen molar-refractivity contribution in [3.05, 3.63) is 0 Å². The van der Waals surface area contributed by atoms with Crippen LogP contribution in [-0.4, -0.2) is 41.3 Å². The van der Waals surface area contributed by atoms with Gasteiger partial charge in [-0.05, 0) is 13.3 Å². The van der Waals surface area contributed by atoms with Crippen molar-refractivity contribution in [1.82, 2.24) is 4.90 Å². The van der Waals surface area contributed by atoms with E-state index in [0.717, 1.165) is 4.90 Å². The van der Waals surface area contributed by atoms with Gasteiger partial charge in [0, 0.05) is 13.0 Å². The van der Waals surface area contributed by atoms with Gasteiger partial charge in [-0.2, -0.15) is 0 Å². The van der Waals surface area contributed by atoms with Gasteiger partial charge >= 0.3 is 5.97 Å². The van der Waals surface area contributed by atoms with Gasteiger partial charge in [0.05, 0.1) is 6.61 Å². The average molecular weight is 187 g/mol. The fourth-order valence-corrected chi connectivity index (χ4v) is 1.27. The molecule has 5 heteroatoms. The second-order valence-electron chi connectivity index (χ2n) is 2.82. The summed E-state index contributed by atoms with van der Waals surface area (Å²) in [5.74, 6) is -0.946. The molecule has 0 saturated carbocycles. The van der Waals surface area contributed by atoms with Gasteiger partial charge in [-0.1, -0.05) is 0 Å². The molecule has 0 aromatic heterocycles. The molecule has 1 aliphatic rings. The quantitative estimate of drug-likeness (QED) is 0.604. The van der Waals surface area contributed by atoms with Crippen molar-refractivity contribution in [2.24, 2.45) is 0 Å². The smallest absolute Gasteiger partial charge is 0.356 e. The molecular formula is C8H13NO4. The summed E-state index contributed by atoms with van der Waals surface area (Å²) < 4.78 is 4.58. The van der Waals surface area contributed by atoms with Gasteiger partial charge in [0.25, 0.3) is 0 Å². The van der Waals surface area contributed by atoms with Crippen molar-refractivity contribution in [3.8, 4) is 0 Å². The summed E-state index contributed by atoms with van der Waals surface area (Å²) in [5.41, 5.74) is 0. The molecule has 1 aliphatic heterocycles. The highest BCUT2D eigenvalue weighted by atomic mass is 16.5. The van der Waals surface area contributed by atoms with Crippen LogP contribution in [0.2, 0.25) is 0 Å². The third kappa shape index (κ3) is 2.18. The molecule has 0 spiro atoms. The lowest BCUT2D eigenvalue weighted by molar-refractivity contribution is -0.167. The van der Waals surface area contributed by atoms with E-state index in [1.54, 1.807) is 6.92 Å². The van der Waals surface area contributed by atoms with Crippen LogP contribution in [0.5, 0.6) is 0 Å². The van der Waals surface area contributed by atoms with Crippen LogP contribution in [0.1, 0.15) is 19.8 Å². The Morgan fingerprint density at radius 3 is 2.92 bits per heavy atom. The van der Waals surface area contributed by atoms with Crippen molar-refractivity contribution >= 4 is 11.9 Å². The Hall–Kier alpha value is -1.10. The number of likely N-dealkylation sites (tertiary alicyclic amines) is 1. The summed E-state index contributed by atoms with van der Waals surface area (Å²) in [4.78, 5) is 23.2. The Kier molecular flexibility index (Phi) is 3.25. The number of rotatable bonds is 3. The van der Waals surface area contributed by atoms with Gasteiger partial charge in [0.1, 0.15) is 0 Å². The van der Waals surface area contributed by atoms with E-state index < -0.39 is 12.2 Å². The minimum atomic E-state index is -1.42. The van der Waals surface area contributed by atoms with E-state index in [1.165, 1.54) is 0 Å². The molecule has 0 bridgehead atoms. The van der Waals surface area contributed by atoms with Crippen molar-refractivity contribution in [1.29, 1.82) is 0 Å². The number of hydrogen-bond acceptors (Lipinski definition) is 4. The summed E-state index contributed by atoms with van der Waals surface area (Å²) in [6, 6.07) is 0. The third-order valence-electron chi connectivity index (χ3n) is 1.90. The van der Waals surface area contributed by atoms with Gasteiger partial charge in [0.15, 0.2) is 0 Å². The number of aliphatic hydroxyl groups is 1. The van der Waals surface area contributed by atoms with Crippen molar-refractivity contribution < 1.29 is 19.4 Å². The van der Waals surface area contributed by atoms with Gasteiger partial charge in [-0.25, -0.2) is 4.79 Å². The molecular weight excluding hydrogens is 174 g/mol. The number of aliphatic hydroxyl groups excluding tert-OH is 1. The molecule has 0 radical (unpaired) electrons. The predicted molar refractivity (Wildman–Crippen MR) is 43.6 cm³/mol. The first-order valence-electron chi connectivity index (χ1n) is 4.31. The summed E-state index contributed by atoms with van der Waals surface area (Å²) in [6.45, 7) is 2.28. The highest BCUT2D eigenvalue weighted by Crippen LogP contribution is 2.12. The van der Waals surface area contributed by atoms with E-state index >= 15 is 0 Å². The fraction of sp³-hybridized carbons (Fsp3) is 0.750. The first-order chi connectivity index (χ1) is 6.16. The molecule has 1 rings (SSSR count). The lowest BCUT2D eigenvalue weighted by Crippen LogP contribution is -2.42. The van der Waals surface area contributed by atoms with E-state index in [9.17, 15) is 14.7 Å². The molecule has 0 aliphatic carbocycles. The van der Waals surface area contributed by atoms with Crippen molar-refractivity contribution in [3.63, 3.8) is 0 Å². The molecule has 1 unspecified atom stereocenters. The topological polar surface area (TPSA) is 66.8 Å². The largest absolute Gasteiger partial charge is 0.463 e. The molecule has 1 amide bonds. The van der Waals surface area contributed by atoms with Crippen molar-refractivity contribution in [2.75, 3.05) is 13.2 Å². The molecule has 13 heavy (non-hydrogen) atoms. The van der Waals surface area contributed by atoms with Gasteiger partial charge in [-0.3, -0.25) is 4.79 Å². The Labute approximate surface area is 76.3 Å². The first kappa shape index (κ1) is 9.98. The van der Waals surface area contributed by atoms with E-state index in [4.69, 9.17) is 0 Å². The minimum absolute atomic E-state index is 0.194. The SMILES string of the molecule is CCOC(=O)C(O)N1CCCC1=O. The maximum absolute atomic E-state index is 11.1. The molecule has 5 nitrogen and oxygen atoms in total. The fourth-order valence-electron chi connectivity index (χ4n) is 1.27. The maximum Gasteiger partial charge on any atom is 0.356 e. The maximum atomic E-state index is 11.1. The number of carbonyl (C=O) groups is 2. The number of ether oxygens (including phenoxy) is 1. The van der Waals surface area contributed by atoms with Crippen LogP contribution < -0.4 is 0 Å². The summed E-state index contributed by atoms with van der Waals surface area (Å²) in [7, 11) is 0. The van der Waals surface area contributed by atoms with E-state index in [-0.39, 0.29) is 12.5 Å². The van der Waals surface area contributed by atoms with Crippen LogP contribution in [0.15, 0.2) is 0 Å². The van der Waals surface area contributed by atoms with Crippen LogP contribution in [0.3, 0.4) is 0 Å². The van der Waals surface area contributed by atoms with Crippen LogP contribution in [0.4, 0.5) is 0 Å². The van der Waals surface area contributed by atoms with Crippen LogP contribution in [0.25, 0.3) is 0 Å². The number of hydrogen-bond donors (Lipinski definition) is 1. The normalized spacial score (nSPS) is 18.9. The number of carbonyl (C=O) groups excluding carboxylic acids is 2. The summed E-state index contributed by atoms with van der Waals surface area (Å²) >= 11 is 0. The highest BCUT2D eigenvalue weighted by Gasteiger charge is 2.31. The standard InChI is InChI=1S/C8H13NO4/c1-2-13-8(12)7(11)9-5-3-4-6(9)10/h7,11H,2-5H2,1H3. The third-order valence-corrected chi connectivity index (χ3v) is 1.90. The number of esters is 1. The monoisotopic (exact) mass is 187 g/mol. The zero-order chi connectivity index (χ0) is 9.84. The average Bonchev–Trinajstić information content (AvgIpc) is 2.50. The molecule has 74 valence electrons. The van der Waals surface area contributed by atoms with Gasteiger partial charge in [-0.15, -0.1) is 0 Å². The summed E-state index contributed by atoms with van der Waals surface area (Å²) in [5, 5.41) is 9.35. The van der Waals surface area contributed by atoms with Gasteiger partial charge < -0.3 is 14.7 Å².